The van der Waals surface area contributed by atoms with E-state index in [1.807, 2.05) is 10.7 Å². The fourth-order valence-electron chi connectivity index (χ4n) is 4.43. The van der Waals surface area contributed by atoms with Crippen molar-refractivity contribution in [2.75, 3.05) is 5.32 Å². The van der Waals surface area contributed by atoms with Crippen LogP contribution in [0, 0.1) is 5.82 Å². The lowest BCUT2D eigenvalue weighted by molar-refractivity contribution is -0.116. The first-order chi connectivity index (χ1) is 15.8. The maximum Gasteiger partial charge on any atom is 0.227 e. The van der Waals surface area contributed by atoms with Crippen LogP contribution >= 0.6 is 11.8 Å². The van der Waals surface area contributed by atoms with Crippen molar-refractivity contribution >= 4 is 23.5 Å². The summed E-state index contributed by atoms with van der Waals surface area (Å²) in [4.78, 5) is 17.7. The number of anilines is 1. The number of hydrogen-bond acceptors (Lipinski definition) is 5. The summed E-state index contributed by atoms with van der Waals surface area (Å²) in [5.74, 6) is 0.999. The Labute approximate surface area is 197 Å². The molecule has 7 heteroatoms. The van der Waals surface area contributed by atoms with E-state index in [0.717, 1.165) is 29.7 Å². The second-order valence-electron chi connectivity index (χ2n) is 9.61. The fourth-order valence-corrected chi connectivity index (χ4v) is 5.24. The number of benzene rings is 2. The largest absolute Gasteiger partial charge is 0.328 e. The van der Waals surface area contributed by atoms with Gasteiger partial charge in [0.05, 0.1) is 0 Å². The number of allylic oxidation sites excluding steroid dienone is 2. The molecule has 0 radical (unpaired) electrons. The maximum atomic E-state index is 14.0. The molecule has 5 rings (SSSR count). The topological polar surface area (TPSA) is 59.8 Å². The molecule has 1 atom stereocenters. The molecule has 0 spiro atoms. The Hall–Kier alpha value is -2.93. The summed E-state index contributed by atoms with van der Waals surface area (Å²) >= 11 is 1.39. The number of thioether (sulfide) groups is 1. The number of Topliss-reactive ketones (excluding diaryl/α,β-unsaturated/α-hetero) is 1. The van der Waals surface area contributed by atoms with Crippen LogP contribution in [-0.2, 0) is 16.0 Å². The molecule has 1 N–H and O–H groups in total. The van der Waals surface area contributed by atoms with Crippen LogP contribution in [0.25, 0.3) is 0 Å². The zero-order valence-electron chi connectivity index (χ0n) is 19.1. The van der Waals surface area contributed by atoms with Crippen LogP contribution in [0.5, 0.6) is 0 Å². The van der Waals surface area contributed by atoms with E-state index in [-0.39, 0.29) is 23.1 Å². The molecule has 0 saturated carbocycles. The van der Waals surface area contributed by atoms with Crippen molar-refractivity contribution in [3.8, 4) is 0 Å². The SMILES string of the molecule is CC(C)(C)c1ccc(C2C3=C(CCCC3=O)Nc3nc(SCc4ccccc4F)nn32)cc1. The average molecular weight is 463 g/mol. The number of aromatic nitrogens is 3. The standard InChI is InChI=1S/C26H27FN4OS/c1-26(2,3)18-13-11-16(12-14-18)23-22-20(9-6-10-21(22)32)28-24-29-25(30-31(23)24)33-15-17-7-4-5-8-19(17)27/h4-5,7-8,11-14,23H,6,9-10,15H2,1-3H3,(H,28,29,30). The van der Waals surface area contributed by atoms with Gasteiger partial charge in [-0.1, -0.05) is 75.0 Å². The molecule has 2 heterocycles. The van der Waals surface area contributed by atoms with E-state index in [1.165, 1.54) is 23.4 Å². The number of carbonyl (C=O) groups is 1. The zero-order chi connectivity index (χ0) is 23.2. The normalized spacial score (nSPS) is 18.1. The lowest BCUT2D eigenvalue weighted by atomic mass is 9.83. The zero-order valence-corrected chi connectivity index (χ0v) is 19.9. The molecule has 1 unspecified atom stereocenters. The van der Waals surface area contributed by atoms with Gasteiger partial charge >= 0.3 is 0 Å². The number of hydrogen-bond donors (Lipinski definition) is 1. The smallest absolute Gasteiger partial charge is 0.227 e. The first-order valence-corrected chi connectivity index (χ1v) is 12.3. The summed E-state index contributed by atoms with van der Waals surface area (Å²) in [6, 6.07) is 14.9. The minimum absolute atomic E-state index is 0.0483. The number of ketones is 1. The molecule has 1 aliphatic carbocycles. The van der Waals surface area contributed by atoms with Crippen LogP contribution in [0.15, 0.2) is 65.0 Å². The number of fused-ring (bicyclic) bond motifs is 1. The third kappa shape index (κ3) is 4.22. The van der Waals surface area contributed by atoms with E-state index in [0.29, 0.717) is 28.8 Å². The predicted octanol–water partition coefficient (Wildman–Crippen LogP) is 6.03. The van der Waals surface area contributed by atoms with Crippen molar-refractivity contribution in [2.24, 2.45) is 0 Å². The summed E-state index contributed by atoms with van der Waals surface area (Å²) in [5.41, 5.74) is 4.65. The first-order valence-electron chi connectivity index (χ1n) is 11.3. The van der Waals surface area contributed by atoms with E-state index in [4.69, 9.17) is 5.10 Å². The van der Waals surface area contributed by atoms with Gasteiger partial charge in [0, 0.05) is 23.4 Å². The number of halogens is 1. The molecule has 1 aromatic heterocycles. The molecule has 0 amide bonds. The quantitative estimate of drug-likeness (QED) is 0.480. The second kappa shape index (κ2) is 8.45. The van der Waals surface area contributed by atoms with Crippen LogP contribution in [-0.4, -0.2) is 20.5 Å². The van der Waals surface area contributed by atoms with Crippen molar-refractivity contribution in [1.82, 2.24) is 14.8 Å². The highest BCUT2D eigenvalue weighted by Crippen LogP contribution is 2.41. The van der Waals surface area contributed by atoms with Gasteiger partial charge in [-0.05, 0) is 41.0 Å². The van der Waals surface area contributed by atoms with Crippen LogP contribution in [0.2, 0.25) is 0 Å². The van der Waals surface area contributed by atoms with Crippen molar-refractivity contribution < 1.29 is 9.18 Å². The first kappa shape index (κ1) is 21.9. The Balaban J connectivity index is 1.51. The van der Waals surface area contributed by atoms with Gasteiger partial charge < -0.3 is 5.32 Å². The van der Waals surface area contributed by atoms with E-state index in [1.54, 1.807) is 12.1 Å². The third-order valence-electron chi connectivity index (χ3n) is 6.26. The van der Waals surface area contributed by atoms with Gasteiger partial charge in [0.15, 0.2) is 5.78 Å². The molecule has 0 fully saturated rings. The van der Waals surface area contributed by atoms with Gasteiger partial charge in [-0.2, -0.15) is 4.98 Å². The van der Waals surface area contributed by atoms with Gasteiger partial charge in [-0.15, -0.1) is 5.10 Å². The van der Waals surface area contributed by atoms with Crippen LogP contribution in [0.4, 0.5) is 10.3 Å². The number of nitrogens with one attached hydrogen (secondary N) is 1. The van der Waals surface area contributed by atoms with Crippen molar-refractivity contribution in [3.63, 3.8) is 0 Å². The van der Waals surface area contributed by atoms with Gasteiger partial charge in [0.2, 0.25) is 11.1 Å². The molecule has 2 aromatic carbocycles. The summed E-state index contributed by atoms with van der Waals surface area (Å²) in [5, 5.41) is 8.66. The van der Waals surface area contributed by atoms with E-state index in [2.05, 4.69) is 55.3 Å². The summed E-state index contributed by atoms with van der Waals surface area (Å²) in [6.45, 7) is 6.56. The van der Waals surface area contributed by atoms with Gasteiger partial charge in [0.25, 0.3) is 0 Å². The van der Waals surface area contributed by atoms with Gasteiger partial charge in [-0.25, -0.2) is 9.07 Å². The molecule has 33 heavy (non-hydrogen) atoms. The molecule has 0 saturated heterocycles. The highest BCUT2D eigenvalue weighted by atomic mass is 32.2. The average Bonchev–Trinajstić information content (AvgIpc) is 3.19. The van der Waals surface area contributed by atoms with E-state index < -0.39 is 0 Å². The highest BCUT2D eigenvalue weighted by Gasteiger charge is 2.37. The monoisotopic (exact) mass is 462 g/mol. The molecule has 1 aliphatic heterocycles. The molecule has 170 valence electrons. The molecular weight excluding hydrogens is 435 g/mol. The van der Waals surface area contributed by atoms with Gasteiger partial charge in [-0.3, -0.25) is 4.79 Å². The minimum atomic E-state index is -0.312. The summed E-state index contributed by atoms with van der Waals surface area (Å²) in [7, 11) is 0. The Kier molecular flexibility index (Phi) is 5.60. The summed E-state index contributed by atoms with van der Waals surface area (Å²) in [6.07, 6.45) is 2.21. The lowest BCUT2D eigenvalue weighted by Gasteiger charge is -2.32. The molecular formula is C26H27FN4OS. The third-order valence-corrected chi connectivity index (χ3v) is 7.14. The van der Waals surface area contributed by atoms with Crippen LogP contribution in [0.1, 0.15) is 62.8 Å². The Morgan fingerprint density at radius 3 is 2.61 bits per heavy atom. The Bertz CT molecular complexity index is 1240. The lowest BCUT2D eigenvalue weighted by Crippen LogP contribution is -2.31. The number of nitrogens with zero attached hydrogens (tertiary/aromatic N) is 3. The Morgan fingerprint density at radius 1 is 1.12 bits per heavy atom. The number of rotatable bonds is 4. The molecule has 3 aromatic rings. The fraction of sp³-hybridized carbons (Fsp3) is 0.346. The van der Waals surface area contributed by atoms with E-state index in [9.17, 15) is 9.18 Å². The second-order valence-corrected chi connectivity index (χ2v) is 10.6. The maximum absolute atomic E-state index is 14.0. The van der Waals surface area contributed by atoms with Crippen LogP contribution < -0.4 is 5.32 Å². The van der Waals surface area contributed by atoms with Crippen molar-refractivity contribution in [1.29, 1.82) is 0 Å². The summed E-state index contributed by atoms with van der Waals surface area (Å²) < 4.78 is 15.9. The van der Waals surface area contributed by atoms with Crippen molar-refractivity contribution in [3.05, 3.63) is 82.3 Å². The highest BCUT2D eigenvalue weighted by molar-refractivity contribution is 7.98. The van der Waals surface area contributed by atoms with E-state index >= 15 is 0 Å². The molecule has 2 aliphatic rings. The van der Waals surface area contributed by atoms with Gasteiger partial charge in [0.1, 0.15) is 11.9 Å². The molecule has 5 nitrogen and oxygen atoms in total. The van der Waals surface area contributed by atoms with Crippen molar-refractivity contribution in [2.45, 2.75) is 62.4 Å². The predicted molar refractivity (Wildman–Crippen MR) is 129 cm³/mol. The minimum Gasteiger partial charge on any atom is -0.328 e. The Morgan fingerprint density at radius 2 is 1.88 bits per heavy atom. The number of carbonyl (C=O) groups excluding carboxylic acids is 1. The molecule has 0 bridgehead atoms. The van der Waals surface area contributed by atoms with Crippen LogP contribution in [0.3, 0.4) is 0 Å².